The molecule has 2 N–H and O–H groups in total. The van der Waals surface area contributed by atoms with E-state index < -0.39 is 52.5 Å². The molecule has 9 atom stereocenters. The van der Waals surface area contributed by atoms with Crippen LogP contribution in [0.15, 0.2) is 84.5 Å². The van der Waals surface area contributed by atoms with E-state index >= 15 is 4.79 Å². The minimum absolute atomic E-state index is 0.0135. The van der Waals surface area contributed by atoms with Gasteiger partial charge >= 0.3 is 17.9 Å². The maximum Gasteiger partial charge on any atom is 0.338 e. The van der Waals surface area contributed by atoms with Crippen molar-refractivity contribution in [2.75, 3.05) is 72.6 Å². The predicted molar refractivity (Wildman–Crippen MR) is 250 cm³/mol. The van der Waals surface area contributed by atoms with E-state index in [1.807, 2.05) is 19.2 Å². The number of hydrogen-bond donors (Lipinski definition) is 2. The molecule has 2 bridgehead atoms. The van der Waals surface area contributed by atoms with Gasteiger partial charge in [0.2, 0.25) is 0 Å². The van der Waals surface area contributed by atoms with E-state index in [0.717, 1.165) is 65.9 Å². The Hall–Kier alpha value is -5.63. The van der Waals surface area contributed by atoms with Crippen LogP contribution in [0.3, 0.4) is 0 Å². The smallest absolute Gasteiger partial charge is 0.338 e. The first-order valence-corrected chi connectivity index (χ1v) is 23.5. The van der Waals surface area contributed by atoms with E-state index in [2.05, 4.69) is 76.0 Å². The average molecular weight is 899 g/mol. The summed E-state index contributed by atoms with van der Waals surface area (Å²) in [7, 11) is 6.64. The zero-order valence-corrected chi connectivity index (χ0v) is 39.1. The number of fused-ring (bicyclic) bond motifs is 6. The number of carbonyl (C=O) groups is 3. The molecule has 1 saturated carbocycles. The maximum atomic E-state index is 15.5. The van der Waals surface area contributed by atoms with Gasteiger partial charge in [0.25, 0.3) is 0 Å². The lowest BCUT2D eigenvalue weighted by Crippen LogP contribution is -2.80. The van der Waals surface area contributed by atoms with E-state index in [0.29, 0.717) is 55.0 Å². The maximum absolute atomic E-state index is 15.5. The van der Waals surface area contributed by atoms with E-state index in [9.17, 15) is 14.7 Å². The van der Waals surface area contributed by atoms with Crippen molar-refractivity contribution in [3.8, 4) is 11.5 Å². The molecule has 1 spiro atoms. The zero-order valence-electron chi connectivity index (χ0n) is 39.1. The van der Waals surface area contributed by atoms with Crippen molar-refractivity contribution in [1.82, 2.24) is 14.8 Å². The standard InChI is InChI=1S/C53H62N4O9/c1-8-33-25-34-28-52(49(60)64-7,44-38(19-23-56(29-33)30-34)37-13-10-11-14-41(37)54-44)40-26-39-42(27-43(40)63-6)55(4)47-51(39)21-24-57-22-12-20-50(9-2,46(51)57)48(66-32(3)58)53(47,61)31-65-45(59)35-15-17-36(62-5)18-16-35/h10-18,20,25-27,34,46-48,54,61H,8-9,19,21-24,28-31H2,1-7H3/t34-,46-,47+,48+,50+,51+,52-,53-/m0/s1. The van der Waals surface area contributed by atoms with Crippen molar-refractivity contribution >= 4 is 34.5 Å². The first-order valence-electron chi connectivity index (χ1n) is 23.5. The summed E-state index contributed by atoms with van der Waals surface area (Å²) in [6.07, 6.45) is 8.77. The molecule has 348 valence electrons. The number of rotatable bonds is 10. The highest BCUT2D eigenvalue weighted by Gasteiger charge is 2.78. The van der Waals surface area contributed by atoms with Crippen molar-refractivity contribution in [2.24, 2.45) is 11.3 Å². The number of likely N-dealkylation sites (N-methyl/N-ethyl adjacent to an activating group) is 1. The average Bonchev–Trinajstić information content (AvgIpc) is 4.00. The fraction of sp³-hybridized carbons (Fsp3) is 0.491. The summed E-state index contributed by atoms with van der Waals surface area (Å²) < 4.78 is 30.4. The second kappa shape index (κ2) is 16.3. The molecule has 0 radical (unpaired) electrons. The Morgan fingerprint density at radius 3 is 2.45 bits per heavy atom. The lowest BCUT2D eigenvalue weighted by atomic mass is 9.47. The number of hydrogen-bond acceptors (Lipinski definition) is 12. The van der Waals surface area contributed by atoms with E-state index in [1.54, 1.807) is 38.5 Å². The lowest BCUT2D eigenvalue weighted by molar-refractivity contribution is -0.228. The van der Waals surface area contributed by atoms with Gasteiger partial charge in [0.05, 0.1) is 32.9 Å². The Kier molecular flexibility index (Phi) is 10.9. The lowest BCUT2D eigenvalue weighted by Gasteiger charge is -2.64. The van der Waals surface area contributed by atoms with Crippen molar-refractivity contribution in [3.63, 3.8) is 0 Å². The van der Waals surface area contributed by atoms with Crippen LogP contribution in [0.5, 0.6) is 11.5 Å². The molecule has 10 rings (SSSR count). The van der Waals surface area contributed by atoms with Gasteiger partial charge in [-0.25, -0.2) is 4.79 Å². The summed E-state index contributed by atoms with van der Waals surface area (Å²) in [6, 6.07) is 18.1. The molecular weight excluding hydrogens is 837 g/mol. The molecule has 4 aromatic rings. The van der Waals surface area contributed by atoms with Crippen LogP contribution in [-0.2, 0) is 41.1 Å². The van der Waals surface area contributed by atoms with Crippen LogP contribution in [-0.4, -0.2) is 129 Å². The Labute approximate surface area is 386 Å². The minimum atomic E-state index is -1.94. The first kappa shape index (κ1) is 44.2. The number of esters is 3. The predicted octanol–water partition coefficient (Wildman–Crippen LogP) is 6.49. The number of methoxy groups -OCH3 is 3. The van der Waals surface area contributed by atoms with Gasteiger partial charge in [0.1, 0.15) is 29.6 Å². The Balaban J connectivity index is 1.22. The topological polar surface area (TPSA) is 143 Å². The highest BCUT2D eigenvalue weighted by Crippen LogP contribution is 2.68. The van der Waals surface area contributed by atoms with Gasteiger partial charge in [-0.2, -0.15) is 0 Å². The second-order valence-electron chi connectivity index (χ2n) is 19.5. The fourth-order valence-electron chi connectivity index (χ4n) is 14.0. The highest BCUT2D eigenvalue weighted by atomic mass is 16.6. The van der Waals surface area contributed by atoms with Gasteiger partial charge in [0.15, 0.2) is 5.60 Å². The Morgan fingerprint density at radius 2 is 1.74 bits per heavy atom. The largest absolute Gasteiger partial charge is 0.497 e. The van der Waals surface area contributed by atoms with Crippen molar-refractivity contribution in [1.29, 1.82) is 0 Å². The minimum Gasteiger partial charge on any atom is -0.497 e. The second-order valence-corrected chi connectivity index (χ2v) is 19.5. The molecule has 6 heterocycles. The SMILES string of the molecule is CCC1=C[C@@H]2CN(CCc3c([nH]c4ccccc34)[C@@](C(=O)OC)(c3cc4c(cc3OC)N(C)[C@H]3[C@@](O)(COC(=O)c5ccc(OC)cc5)[C@H](OC(C)=O)[C@]5(CC)C=CCN6CC[C@]43[C@@H]65)C2)C1. The number of benzene rings is 3. The van der Waals surface area contributed by atoms with Crippen LogP contribution in [0.2, 0.25) is 0 Å². The Bertz CT molecular complexity index is 2660. The monoisotopic (exact) mass is 898 g/mol. The molecule has 5 aliphatic heterocycles. The van der Waals surface area contributed by atoms with Crippen LogP contribution >= 0.6 is 0 Å². The third kappa shape index (κ3) is 6.25. The molecule has 6 aliphatic rings. The molecule has 66 heavy (non-hydrogen) atoms. The summed E-state index contributed by atoms with van der Waals surface area (Å²) in [6.45, 7) is 9.10. The number of aliphatic hydroxyl groups is 1. The van der Waals surface area contributed by atoms with Gasteiger partial charge in [-0.05, 0) is 92.1 Å². The Morgan fingerprint density at radius 1 is 0.955 bits per heavy atom. The number of anilines is 1. The molecule has 2 fully saturated rings. The number of nitrogens with zero attached hydrogens (tertiary/aromatic N) is 3. The zero-order chi connectivity index (χ0) is 46.3. The van der Waals surface area contributed by atoms with Gasteiger partial charge in [0, 0.05) is 90.9 Å². The summed E-state index contributed by atoms with van der Waals surface area (Å²) in [5, 5.41) is 15.0. The first-order chi connectivity index (χ1) is 31.8. The molecule has 3 aromatic carbocycles. The molecule has 1 aromatic heterocycles. The summed E-state index contributed by atoms with van der Waals surface area (Å²) >= 11 is 0. The van der Waals surface area contributed by atoms with Gasteiger partial charge in [-0.15, -0.1) is 0 Å². The van der Waals surface area contributed by atoms with Crippen LogP contribution in [0.25, 0.3) is 10.9 Å². The number of para-hydroxylation sites is 1. The van der Waals surface area contributed by atoms with Gasteiger partial charge in [-0.3, -0.25) is 19.4 Å². The van der Waals surface area contributed by atoms with Crippen LogP contribution in [0.4, 0.5) is 5.69 Å². The summed E-state index contributed by atoms with van der Waals surface area (Å²) in [5.41, 5.74) is 1.96. The van der Waals surface area contributed by atoms with Crippen LogP contribution in [0, 0.1) is 11.3 Å². The number of aromatic nitrogens is 1. The fourth-order valence-corrected chi connectivity index (χ4v) is 14.0. The van der Waals surface area contributed by atoms with Crippen LogP contribution < -0.4 is 14.4 Å². The molecule has 0 amide bonds. The van der Waals surface area contributed by atoms with Crippen molar-refractivity contribution < 1.29 is 43.2 Å². The number of H-pyrrole nitrogens is 1. The number of aromatic amines is 1. The van der Waals surface area contributed by atoms with E-state index in [4.69, 9.17) is 23.7 Å². The molecule has 13 heteroatoms. The summed E-state index contributed by atoms with van der Waals surface area (Å²) in [5.74, 6) is -0.422. The number of nitrogens with one attached hydrogen (secondary N) is 1. The molecule has 13 nitrogen and oxygen atoms in total. The van der Waals surface area contributed by atoms with Crippen LogP contribution in [0.1, 0.15) is 79.2 Å². The normalized spacial score (nSPS) is 31.8. The van der Waals surface area contributed by atoms with E-state index in [-0.39, 0.29) is 17.9 Å². The molecule has 1 aliphatic carbocycles. The highest BCUT2D eigenvalue weighted by molar-refractivity contribution is 5.94. The quantitative estimate of drug-likeness (QED) is 0.102. The van der Waals surface area contributed by atoms with Gasteiger partial charge in [-0.1, -0.05) is 55.8 Å². The molecule has 1 unspecified atom stereocenters. The molecular formula is C53H62N4O9. The van der Waals surface area contributed by atoms with Crippen molar-refractivity contribution in [3.05, 3.63) is 112 Å². The van der Waals surface area contributed by atoms with Gasteiger partial charge < -0.3 is 38.7 Å². The van der Waals surface area contributed by atoms with E-state index in [1.165, 1.54) is 19.6 Å². The third-order valence-corrected chi connectivity index (χ3v) is 16.4. The molecule has 1 saturated heterocycles. The third-order valence-electron chi connectivity index (χ3n) is 16.4. The number of ether oxygens (including phenoxy) is 5. The summed E-state index contributed by atoms with van der Waals surface area (Å²) in [4.78, 5) is 53.6. The van der Waals surface area contributed by atoms with Crippen molar-refractivity contribution in [2.45, 2.75) is 87.5 Å². The number of carbonyl (C=O) groups excluding carboxylic acids is 3.